The standard InChI is InChI=1S/C23H28N2O/c1-3-4-12-24(16-26)22-15-21(19-9-5-7-17(2)14-19)25-13-11-18-8-6-10-20(22)23(18)25/h5-10,14,16,21-22H,3-4,11-13,15H2,1-2H3. The normalized spacial score (nSPS) is 20.8. The van der Waals surface area contributed by atoms with Crippen LogP contribution in [0.4, 0.5) is 5.69 Å². The first-order chi connectivity index (χ1) is 12.7. The Morgan fingerprint density at radius 1 is 1.23 bits per heavy atom. The van der Waals surface area contributed by atoms with E-state index in [1.807, 2.05) is 4.90 Å². The molecule has 2 aromatic carbocycles. The summed E-state index contributed by atoms with van der Waals surface area (Å²) in [5, 5.41) is 0. The van der Waals surface area contributed by atoms with Crippen molar-refractivity contribution in [3.8, 4) is 0 Å². The lowest BCUT2D eigenvalue weighted by atomic mass is 9.86. The molecule has 4 rings (SSSR count). The smallest absolute Gasteiger partial charge is 0.210 e. The number of carbonyl (C=O) groups is 1. The molecule has 0 spiro atoms. The van der Waals surface area contributed by atoms with E-state index in [4.69, 9.17) is 0 Å². The number of amides is 1. The van der Waals surface area contributed by atoms with Crippen LogP contribution in [0.5, 0.6) is 0 Å². The molecule has 3 nitrogen and oxygen atoms in total. The van der Waals surface area contributed by atoms with Gasteiger partial charge in [0, 0.05) is 18.8 Å². The Morgan fingerprint density at radius 3 is 2.85 bits per heavy atom. The summed E-state index contributed by atoms with van der Waals surface area (Å²) >= 11 is 0. The number of unbranched alkanes of at least 4 members (excludes halogenated alkanes) is 1. The van der Waals surface area contributed by atoms with Crippen molar-refractivity contribution in [2.45, 2.75) is 51.6 Å². The van der Waals surface area contributed by atoms with Crippen molar-refractivity contribution in [1.82, 2.24) is 4.90 Å². The predicted octanol–water partition coefficient (Wildman–Crippen LogP) is 4.80. The molecule has 0 saturated carbocycles. The first-order valence-electron chi connectivity index (χ1n) is 9.89. The second-order valence-corrected chi connectivity index (χ2v) is 7.68. The first-order valence-corrected chi connectivity index (χ1v) is 9.89. The lowest BCUT2D eigenvalue weighted by molar-refractivity contribution is -0.120. The number of hydrogen-bond acceptors (Lipinski definition) is 2. The van der Waals surface area contributed by atoms with E-state index in [9.17, 15) is 4.79 Å². The molecule has 2 unspecified atom stereocenters. The number of aryl methyl sites for hydroxylation is 1. The highest BCUT2D eigenvalue weighted by Crippen LogP contribution is 2.49. The van der Waals surface area contributed by atoms with Gasteiger partial charge in [0.25, 0.3) is 0 Å². The fraction of sp³-hybridized carbons (Fsp3) is 0.435. The Labute approximate surface area is 156 Å². The number of anilines is 1. The van der Waals surface area contributed by atoms with E-state index >= 15 is 0 Å². The summed E-state index contributed by atoms with van der Waals surface area (Å²) in [6.07, 6.45) is 5.31. The lowest BCUT2D eigenvalue weighted by Crippen LogP contribution is -2.39. The number of para-hydroxylation sites is 1. The van der Waals surface area contributed by atoms with Crippen LogP contribution >= 0.6 is 0 Å². The molecule has 0 aromatic heterocycles. The lowest BCUT2D eigenvalue weighted by Gasteiger charge is -2.43. The molecule has 2 aliphatic heterocycles. The molecule has 0 fully saturated rings. The maximum absolute atomic E-state index is 11.9. The third kappa shape index (κ3) is 2.90. The largest absolute Gasteiger partial charge is 0.364 e. The van der Waals surface area contributed by atoms with Crippen molar-refractivity contribution in [1.29, 1.82) is 0 Å². The Hall–Kier alpha value is -2.29. The molecule has 3 heteroatoms. The van der Waals surface area contributed by atoms with Gasteiger partial charge in [-0.15, -0.1) is 0 Å². The molecular weight excluding hydrogens is 320 g/mol. The minimum Gasteiger partial charge on any atom is -0.364 e. The van der Waals surface area contributed by atoms with Gasteiger partial charge in [-0.3, -0.25) is 4.79 Å². The Balaban J connectivity index is 1.77. The highest BCUT2D eigenvalue weighted by molar-refractivity contribution is 5.68. The van der Waals surface area contributed by atoms with Crippen molar-refractivity contribution < 1.29 is 4.79 Å². The molecule has 136 valence electrons. The van der Waals surface area contributed by atoms with Gasteiger partial charge in [0.05, 0.1) is 12.1 Å². The van der Waals surface area contributed by atoms with Crippen LogP contribution in [0.1, 0.15) is 60.5 Å². The van der Waals surface area contributed by atoms with Crippen molar-refractivity contribution in [3.63, 3.8) is 0 Å². The SMILES string of the molecule is CCCCN(C=O)C1CC(c2cccc(C)c2)N2CCc3cccc1c32. The van der Waals surface area contributed by atoms with Crippen LogP contribution in [-0.2, 0) is 11.2 Å². The van der Waals surface area contributed by atoms with Crippen LogP contribution in [0.15, 0.2) is 42.5 Å². The summed E-state index contributed by atoms with van der Waals surface area (Å²) in [5.74, 6) is 0. The monoisotopic (exact) mass is 348 g/mol. The second-order valence-electron chi connectivity index (χ2n) is 7.68. The van der Waals surface area contributed by atoms with Gasteiger partial charge < -0.3 is 9.80 Å². The Kier molecular flexibility index (Phi) is 4.71. The van der Waals surface area contributed by atoms with E-state index in [1.165, 1.54) is 27.9 Å². The average Bonchev–Trinajstić information content (AvgIpc) is 3.09. The molecule has 0 saturated heterocycles. The van der Waals surface area contributed by atoms with E-state index in [0.717, 1.165) is 45.2 Å². The number of hydrogen-bond donors (Lipinski definition) is 0. The molecular formula is C23H28N2O. The number of nitrogens with zero attached hydrogens (tertiary/aromatic N) is 2. The highest BCUT2D eigenvalue weighted by Gasteiger charge is 2.39. The van der Waals surface area contributed by atoms with E-state index in [0.29, 0.717) is 6.04 Å². The predicted molar refractivity (Wildman–Crippen MR) is 106 cm³/mol. The van der Waals surface area contributed by atoms with Crippen molar-refractivity contribution >= 4 is 12.1 Å². The summed E-state index contributed by atoms with van der Waals surface area (Å²) in [7, 11) is 0. The summed E-state index contributed by atoms with van der Waals surface area (Å²) in [5.41, 5.74) is 6.84. The van der Waals surface area contributed by atoms with Crippen LogP contribution in [0, 0.1) is 6.92 Å². The van der Waals surface area contributed by atoms with E-state index in [2.05, 4.69) is 61.2 Å². The molecule has 1 amide bonds. The fourth-order valence-electron chi connectivity index (χ4n) is 4.69. The van der Waals surface area contributed by atoms with Crippen LogP contribution in [-0.4, -0.2) is 24.4 Å². The number of carbonyl (C=O) groups excluding carboxylic acids is 1. The minimum absolute atomic E-state index is 0.175. The van der Waals surface area contributed by atoms with Crippen molar-refractivity contribution in [2.24, 2.45) is 0 Å². The Morgan fingerprint density at radius 2 is 2.08 bits per heavy atom. The van der Waals surface area contributed by atoms with Crippen molar-refractivity contribution in [3.05, 3.63) is 64.7 Å². The van der Waals surface area contributed by atoms with Gasteiger partial charge in [0.1, 0.15) is 0 Å². The number of benzene rings is 2. The van der Waals surface area contributed by atoms with Crippen LogP contribution in [0.25, 0.3) is 0 Å². The third-order valence-electron chi connectivity index (χ3n) is 5.97. The summed E-state index contributed by atoms with van der Waals surface area (Å²) in [6.45, 7) is 6.26. The molecule has 2 aromatic rings. The topological polar surface area (TPSA) is 23.6 Å². The van der Waals surface area contributed by atoms with Crippen LogP contribution in [0.2, 0.25) is 0 Å². The molecule has 0 N–H and O–H groups in total. The summed E-state index contributed by atoms with van der Waals surface area (Å²) in [4.78, 5) is 16.5. The molecule has 2 atom stereocenters. The Bertz CT molecular complexity index is 801. The van der Waals surface area contributed by atoms with Crippen LogP contribution < -0.4 is 4.90 Å². The fourth-order valence-corrected chi connectivity index (χ4v) is 4.69. The zero-order valence-corrected chi connectivity index (χ0v) is 15.8. The third-order valence-corrected chi connectivity index (χ3v) is 5.97. The van der Waals surface area contributed by atoms with Gasteiger partial charge in [0.15, 0.2) is 0 Å². The molecule has 0 radical (unpaired) electrons. The van der Waals surface area contributed by atoms with Gasteiger partial charge in [-0.2, -0.15) is 0 Å². The molecule has 0 aliphatic carbocycles. The quantitative estimate of drug-likeness (QED) is 0.700. The van der Waals surface area contributed by atoms with Crippen molar-refractivity contribution in [2.75, 3.05) is 18.0 Å². The second kappa shape index (κ2) is 7.14. The minimum atomic E-state index is 0.175. The van der Waals surface area contributed by atoms with Gasteiger partial charge in [-0.1, -0.05) is 61.4 Å². The van der Waals surface area contributed by atoms with E-state index in [1.54, 1.807) is 0 Å². The van der Waals surface area contributed by atoms with Gasteiger partial charge in [-0.05, 0) is 42.9 Å². The van der Waals surface area contributed by atoms with Crippen LogP contribution in [0.3, 0.4) is 0 Å². The summed E-state index contributed by atoms with van der Waals surface area (Å²) in [6, 6.07) is 16.1. The highest BCUT2D eigenvalue weighted by atomic mass is 16.1. The molecule has 26 heavy (non-hydrogen) atoms. The molecule has 0 bridgehead atoms. The maximum atomic E-state index is 11.9. The molecule has 2 heterocycles. The van der Waals surface area contributed by atoms with Gasteiger partial charge >= 0.3 is 0 Å². The zero-order valence-electron chi connectivity index (χ0n) is 15.8. The molecule has 2 aliphatic rings. The first kappa shape index (κ1) is 17.1. The number of rotatable bonds is 6. The average molecular weight is 348 g/mol. The summed E-state index contributed by atoms with van der Waals surface area (Å²) < 4.78 is 0. The van der Waals surface area contributed by atoms with E-state index < -0.39 is 0 Å². The van der Waals surface area contributed by atoms with Gasteiger partial charge in [-0.25, -0.2) is 0 Å². The van der Waals surface area contributed by atoms with Gasteiger partial charge in [0.2, 0.25) is 6.41 Å². The maximum Gasteiger partial charge on any atom is 0.210 e. The zero-order chi connectivity index (χ0) is 18.1. The van der Waals surface area contributed by atoms with E-state index in [-0.39, 0.29) is 6.04 Å².